The SMILES string of the molecule is CC(NC(C)c1ccc(OCC#N)cc1)C(=O)O. The second-order valence-corrected chi connectivity index (χ2v) is 3.96. The number of nitrogens with one attached hydrogen (secondary N) is 1. The van der Waals surface area contributed by atoms with Gasteiger partial charge in [-0.25, -0.2) is 0 Å². The Labute approximate surface area is 106 Å². The van der Waals surface area contributed by atoms with E-state index in [0.29, 0.717) is 5.75 Å². The van der Waals surface area contributed by atoms with Crippen LogP contribution < -0.4 is 10.1 Å². The maximum atomic E-state index is 10.7. The summed E-state index contributed by atoms with van der Waals surface area (Å²) in [6, 6.07) is 8.43. The van der Waals surface area contributed by atoms with Crippen LogP contribution in [-0.4, -0.2) is 23.7 Å². The Morgan fingerprint density at radius 2 is 2.06 bits per heavy atom. The van der Waals surface area contributed by atoms with E-state index >= 15 is 0 Å². The number of carboxylic acid groups (broad SMARTS) is 1. The average molecular weight is 248 g/mol. The highest BCUT2D eigenvalue weighted by Gasteiger charge is 2.14. The molecule has 2 unspecified atom stereocenters. The van der Waals surface area contributed by atoms with Gasteiger partial charge in [-0.3, -0.25) is 10.1 Å². The molecule has 18 heavy (non-hydrogen) atoms. The summed E-state index contributed by atoms with van der Waals surface area (Å²) >= 11 is 0. The van der Waals surface area contributed by atoms with E-state index in [1.807, 2.05) is 25.1 Å². The number of carbonyl (C=O) groups is 1. The summed E-state index contributed by atoms with van der Waals surface area (Å²) < 4.78 is 5.13. The first-order valence-electron chi connectivity index (χ1n) is 5.63. The Balaban J connectivity index is 2.61. The van der Waals surface area contributed by atoms with Gasteiger partial charge in [0.15, 0.2) is 6.61 Å². The third-order valence-electron chi connectivity index (χ3n) is 2.55. The van der Waals surface area contributed by atoms with Crippen LogP contribution in [0, 0.1) is 11.3 Å². The van der Waals surface area contributed by atoms with Crippen LogP contribution in [0.2, 0.25) is 0 Å². The molecular formula is C13H16N2O3. The van der Waals surface area contributed by atoms with Gasteiger partial charge in [-0.2, -0.15) is 5.26 Å². The van der Waals surface area contributed by atoms with E-state index < -0.39 is 12.0 Å². The van der Waals surface area contributed by atoms with E-state index in [0.717, 1.165) is 5.56 Å². The summed E-state index contributed by atoms with van der Waals surface area (Å²) in [6.45, 7) is 3.51. The van der Waals surface area contributed by atoms with Crippen molar-refractivity contribution in [2.45, 2.75) is 25.9 Å². The second-order valence-electron chi connectivity index (χ2n) is 3.96. The van der Waals surface area contributed by atoms with Crippen LogP contribution in [0.1, 0.15) is 25.5 Å². The molecule has 0 radical (unpaired) electrons. The van der Waals surface area contributed by atoms with Gasteiger partial charge in [-0.05, 0) is 31.5 Å². The fourth-order valence-corrected chi connectivity index (χ4v) is 1.51. The lowest BCUT2D eigenvalue weighted by Crippen LogP contribution is -2.35. The molecule has 1 aromatic rings. The highest BCUT2D eigenvalue weighted by atomic mass is 16.5. The molecule has 0 spiro atoms. The van der Waals surface area contributed by atoms with Gasteiger partial charge in [-0.1, -0.05) is 12.1 Å². The third kappa shape index (κ3) is 4.07. The first kappa shape index (κ1) is 14.0. The molecule has 96 valence electrons. The number of benzene rings is 1. The van der Waals surface area contributed by atoms with Crippen molar-refractivity contribution in [2.24, 2.45) is 0 Å². The topological polar surface area (TPSA) is 82.3 Å². The molecule has 0 bridgehead atoms. The van der Waals surface area contributed by atoms with Crippen LogP contribution in [0.25, 0.3) is 0 Å². The zero-order chi connectivity index (χ0) is 13.5. The normalized spacial score (nSPS) is 13.4. The standard InChI is InChI=1S/C13H16N2O3/c1-9(15-10(2)13(16)17)11-3-5-12(6-4-11)18-8-7-14/h3-6,9-10,15H,8H2,1-2H3,(H,16,17). The van der Waals surface area contributed by atoms with Crippen molar-refractivity contribution in [1.82, 2.24) is 5.32 Å². The minimum atomic E-state index is -0.879. The van der Waals surface area contributed by atoms with Crippen LogP contribution in [0.3, 0.4) is 0 Å². The summed E-state index contributed by atoms with van der Waals surface area (Å²) in [4.78, 5) is 10.7. The third-order valence-corrected chi connectivity index (χ3v) is 2.55. The van der Waals surface area contributed by atoms with Crippen LogP contribution in [-0.2, 0) is 4.79 Å². The van der Waals surface area contributed by atoms with Crippen LogP contribution in [0.5, 0.6) is 5.75 Å². The zero-order valence-electron chi connectivity index (χ0n) is 10.4. The van der Waals surface area contributed by atoms with E-state index in [2.05, 4.69) is 5.32 Å². The maximum absolute atomic E-state index is 10.7. The predicted molar refractivity (Wildman–Crippen MR) is 66.2 cm³/mol. The summed E-state index contributed by atoms with van der Waals surface area (Å²) in [5.74, 6) is -0.255. The molecule has 2 N–H and O–H groups in total. The van der Waals surface area contributed by atoms with E-state index in [1.165, 1.54) is 0 Å². The summed E-state index contributed by atoms with van der Waals surface area (Å²) in [6.07, 6.45) is 0. The van der Waals surface area contributed by atoms with Gasteiger partial charge in [0.25, 0.3) is 0 Å². The lowest BCUT2D eigenvalue weighted by Gasteiger charge is -2.17. The first-order valence-corrected chi connectivity index (χ1v) is 5.63. The van der Waals surface area contributed by atoms with E-state index in [-0.39, 0.29) is 12.6 Å². The molecule has 0 heterocycles. The van der Waals surface area contributed by atoms with E-state index in [1.54, 1.807) is 19.1 Å². The number of aliphatic carboxylic acids is 1. The Morgan fingerprint density at radius 1 is 1.44 bits per heavy atom. The van der Waals surface area contributed by atoms with Gasteiger partial charge in [0.05, 0.1) is 0 Å². The van der Waals surface area contributed by atoms with Gasteiger partial charge < -0.3 is 9.84 Å². The smallest absolute Gasteiger partial charge is 0.320 e. The molecule has 0 saturated heterocycles. The van der Waals surface area contributed by atoms with Crippen molar-refractivity contribution in [3.63, 3.8) is 0 Å². The van der Waals surface area contributed by atoms with Crippen molar-refractivity contribution in [3.8, 4) is 11.8 Å². The first-order chi connectivity index (χ1) is 8.54. The maximum Gasteiger partial charge on any atom is 0.320 e. The van der Waals surface area contributed by atoms with Crippen molar-refractivity contribution >= 4 is 5.97 Å². The van der Waals surface area contributed by atoms with E-state index in [4.69, 9.17) is 15.1 Å². The lowest BCUT2D eigenvalue weighted by molar-refractivity contribution is -0.139. The molecule has 0 aromatic heterocycles. The average Bonchev–Trinajstić information content (AvgIpc) is 2.36. The zero-order valence-corrected chi connectivity index (χ0v) is 10.4. The molecule has 0 aliphatic rings. The molecule has 1 rings (SSSR count). The van der Waals surface area contributed by atoms with Crippen molar-refractivity contribution in [3.05, 3.63) is 29.8 Å². The number of hydrogen-bond acceptors (Lipinski definition) is 4. The van der Waals surface area contributed by atoms with Crippen molar-refractivity contribution in [1.29, 1.82) is 5.26 Å². The Bertz CT molecular complexity index is 437. The lowest BCUT2D eigenvalue weighted by atomic mass is 10.1. The monoisotopic (exact) mass is 248 g/mol. The fraction of sp³-hybridized carbons (Fsp3) is 0.385. The van der Waals surface area contributed by atoms with E-state index in [9.17, 15) is 4.79 Å². The van der Waals surface area contributed by atoms with Gasteiger partial charge in [0.1, 0.15) is 17.9 Å². The van der Waals surface area contributed by atoms with Crippen LogP contribution >= 0.6 is 0 Å². The number of ether oxygens (including phenoxy) is 1. The Morgan fingerprint density at radius 3 is 2.56 bits per heavy atom. The molecule has 0 saturated carbocycles. The predicted octanol–water partition coefficient (Wildman–Crippen LogP) is 1.71. The Hall–Kier alpha value is -2.06. The quantitative estimate of drug-likeness (QED) is 0.800. The Kier molecular flexibility index (Phi) is 5.15. The van der Waals surface area contributed by atoms with Crippen molar-refractivity contribution in [2.75, 3.05) is 6.61 Å². The number of hydrogen-bond donors (Lipinski definition) is 2. The van der Waals surface area contributed by atoms with Crippen LogP contribution in [0.4, 0.5) is 0 Å². The molecule has 1 aromatic carbocycles. The van der Waals surface area contributed by atoms with Crippen LogP contribution in [0.15, 0.2) is 24.3 Å². The van der Waals surface area contributed by atoms with Gasteiger partial charge in [-0.15, -0.1) is 0 Å². The summed E-state index contributed by atoms with van der Waals surface area (Å²) in [5.41, 5.74) is 0.965. The highest BCUT2D eigenvalue weighted by molar-refractivity contribution is 5.72. The second kappa shape index (κ2) is 6.62. The highest BCUT2D eigenvalue weighted by Crippen LogP contribution is 2.17. The molecular weight excluding hydrogens is 232 g/mol. The minimum absolute atomic E-state index is 0.0171. The minimum Gasteiger partial charge on any atom is -0.480 e. The van der Waals surface area contributed by atoms with Gasteiger partial charge >= 0.3 is 5.97 Å². The summed E-state index contributed by atoms with van der Waals surface area (Å²) in [5, 5.41) is 20.2. The molecule has 0 fully saturated rings. The molecule has 5 nitrogen and oxygen atoms in total. The molecule has 5 heteroatoms. The molecule has 0 aliphatic heterocycles. The number of nitrogens with zero attached hydrogens (tertiary/aromatic N) is 1. The fourth-order valence-electron chi connectivity index (χ4n) is 1.51. The van der Waals surface area contributed by atoms with Gasteiger partial charge in [0, 0.05) is 6.04 Å². The largest absolute Gasteiger partial charge is 0.480 e. The van der Waals surface area contributed by atoms with Crippen molar-refractivity contribution < 1.29 is 14.6 Å². The van der Waals surface area contributed by atoms with Gasteiger partial charge in [0.2, 0.25) is 0 Å². The number of carboxylic acids is 1. The molecule has 2 atom stereocenters. The molecule has 0 amide bonds. The summed E-state index contributed by atoms with van der Waals surface area (Å²) in [7, 11) is 0. The number of rotatable bonds is 6. The number of nitriles is 1. The molecule has 0 aliphatic carbocycles.